The summed E-state index contributed by atoms with van der Waals surface area (Å²) in [5.74, 6) is -3.53. The Morgan fingerprint density at radius 3 is 3.00 bits per heavy atom. The summed E-state index contributed by atoms with van der Waals surface area (Å²) < 4.78 is 19.7. The lowest BCUT2D eigenvalue weighted by Gasteiger charge is -2.22. The van der Waals surface area contributed by atoms with Crippen molar-refractivity contribution in [3.05, 3.63) is 46.8 Å². The van der Waals surface area contributed by atoms with Crippen molar-refractivity contribution in [1.82, 2.24) is 4.90 Å². The van der Waals surface area contributed by atoms with Gasteiger partial charge in [0.15, 0.2) is 0 Å². The van der Waals surface area contributed by atoms with Crippen LogP contribution in [0.15, 0.2) is 30.4 Å². The van der Waals surface area contributed by atoms with Gasteiger partial charge in [-0.1, -0.05) is 29.8 Å². The highest BCUT2D eigenvalue weighted by atomic mass is 35.5. The van der Waals surface area contributed by atoms with Crippen LogP contribution in [0.25, 0.3) is 0 Å². The molecule has 7 heteroatoms. The quantitative estimate of drug-likeness (QED) is 0.855. The van der Waals surface area contributed by atoms with E-state index in [0.29, 0.717) is 0 Å². The number of carbonyl (C=O) groups excluding carboxylic acids is 1. The smallest absolute Gasteiger partial charge is 0.310 e. The fourth-order valence-corrected chi connectivity index (χ4v) is 4.09. The van der Waals surface area contributed by atoms with Gasteiger partial charge in [0.25, 0.3) is 0 Å². The number of benzene rings is 1. The molecule has 1 aromatic rings. The molecule has 1 spiro atoms. The number of likely N-dealkylation sites (tertiary alicyclic amines) is 1. The topological polar surface area (TPSA) is 66.8 Å². The number of ether oxygens (including phenoxy) is 1. The van der Waals surface area contributed by atoms with Crippen LogP contribution < -0.4 is 0 Å². The second-order valence-electron chi connectivity index (χ2n) is 6.13. The number of hydrogen-bond donors (Lipinski definition) is 1. The molecule has 4 atom stereocenters. The van der Waals surface area contributed by atoms with Gasteiger partial charge in [-0.25, -0.2) is 4.39 Å². The van der Waals surface area contributed by atoms with Crippen molar-refractivity contribution >= 4 is 23.5 Å². The van der Waals surface area contributed by atoms with Crippen LogP contribution in [0.1, 0.15) is 5.56 Å². The molecule has 0 aliphatic carbocycles. The Morgan fingerprint density at radius 1 is 1.52 bits per heavy atom. The predicted molar refractivity (Wildman–Crippen MR) is 78.2 cm³/mol. The summed E-state index contributed by atoms with van der Waals surface area (Å²) in [5, 5.41) is 9.63. The van der Waals surface area contributed by atoms with Crippen molar-refractivity contribution in [2.45, 2.75) is 18.2 Å². The van der Waals surface area contributed by atoms with E-state index in [2.05, 4.69) is 0 Å². The Kier molecular flexibility index (Phi) is 3.05. The van der Waals surface area contributed by atoms with Gasteiger partial charge in [0.05, 0.1) is 25.1 Å². The van der Waals surface area contributed by atoms with Gasteiger partial charge in [-0.2, -0.15) is 0 Å². The van der Waals surface area contributed by atoms with E-state index in [4.69, 9.17) is 16.3 Å². The minimum Gasteiger partial charge on any atom is -0.481 e. The number of aliphatic carboxylic acids is 1. The van der Waals surface area contributed by atoms with E-state index in [-0.39, 0.29) is 29.6 Å². The molecule has 4 unspecified atom stereocenters. The van der Waals surface area contributed by atoms with Gasteiger partial charge < -0.3 is 14.7 Å². The Morgan fingerprint density at radius 2 is 2.30 bits per heavy atom. The zero-order chi connectivity index (χ0) is 16.4. The first-order valence-electron chi connectivity index (χ1n) is 7.24. The van der Waals surface area contributed by atoms with Gasteiger partial charge >= 0.3 is 5.97 Å². The molecule has 3 heterocycles. The Labute approximate surface area is 136 Å². The van der Waals surface area contributed by atoms with E-state index in [1.807, 2.05) is 0 Å². The number of carboxylic acids is 1. The monoisotopic (exact) mass is 337 g/mol. The first-order valence-corrected chi connectivity index (χ1v) is 7.62. The average Bonchev–Trinajstić information content (AvgIpc) is 3.12. The molecule has 120 valence electrons. The maximum atomic E-state index is 13.9. The van der Waals surface area contributed by atoms with Crippen LogP contribution in [0.5, 0.6) is 0 Å². The maximum Gasteiger partial charge on any atom is 0.310 e. The fraction of sp³-hybridized carbons (Fsp3) is 0.375. The zero-order valence-electron chi connectivity index (χ0n) is 11.9. The molecule has 2 fully saturated rings. The third kappa shape index (κ3) is 1.95. The first-order chi connectivity index (χ1) is 10.9. The molecule has 3 aliphatic rings. The lowest BCUT2D eigenvalue weighted by molar-refractivity contribution is -0.148. The number of carboxylic acid groups (broad SMARTS) is 1. The van der Waals surface area contributed by atoms with Gasteiger partial charge in [0.1, 0.15) is 17.3 Å². The Balaban J connectivity index is 1.66. The molecular weight excluding hydrogens is 325 g/mol. The van der Waals surface area contributed by atoms with Crippen molar-refractivity contribution in [2.75, 3.05) is 6.54 Å². The van der Waals surface area contributed by atoms with Crippen LogP contribution in [-0.4, -0.2) is 40.1 Å². The second-order valence-corrected chi connectivity index (χ2v) is 6.54. The van der Waals surface area contributed by atoms with E-state index in [1.54, 1.807) is 18.2 Å². The molecule has 5 nitrogen and oxygen atoms in total. The SMILES string of the molecule is O=C(O)C1C2C=CC3(CN(Cc4c(F)cccc4Cl)C(=O)C13)O2. The van der Waals surface area contributed by atoms with Crippen molar-refractivity contribution in [1.29, 1.82) is 0 Å². The minimum atomic E-state index is -1.05. The van der Waals surface area contributed by atoms with Crippen LogP contribution in [0, 0.1) is 17.7 Å². The highest BCUT2D eigenvalue weighted by molar-refractivity contribution is 6.31. The van der Waals surface area contributed by atoms with Gasteiger partial charge in [-0.3, -0.25) is 9.59 Å². The van der Waals surface area contributed by atoms with Gasteiger partial charge in [0, 0.05) is 10.6 Å². The van der Waals surface area contributed by atoms with Crippen LogP contribution in [0.4, 0.5) is 4.39 Å². The number of halogens is 2. The summed E-state index contributed by atoms with van der Waals surface area (Å²) in [7, 11) is 0. The second kappa shape index (κ2) is 4.79. The number of rotatable bonds is 3. The summed E-state index contributed by atoms with van der Waals surface area (Å²) in [6.07, 6.45) is 2.89. The molecule has 23 heavy (non-hydrogen) atoms. The van der Waals surface area contributed by atoms with Crippen molar-refractivity contribution in [2.24, 2.45) is 11.8 Å². The number of hydrogen-bond acceptors (Lipinski definition) is 3. The number of carbonyl (C=O) groups is 2. The summed E-state index contributed by atoms with van der Waals surface area (Å²) in [5.41, 5.74) is -0.688. The molecule has 0 radical (unpaired) electrons. The van der Waals surface area contributed by atoms with Crippen LogP contribution in [0.3, 0.4) is 0 Å². The molecule has 1 aromatic carbocycles. The third-order valence-electron chi connectivity index (χ3n) is 4.87. The molecule has 1 N–H and O–H groups in total. The molecule has 1 amide bonds. The number of nitrogens with zero attached hydrogens (tertiary/aromatic N) is 1. The summed E-state index contributed by atoms with van der Waals surface area (Å²) in [4.78, 5) is 25.6. The van der Waals surface area contributed by atoms with Gasteiger partial charge in [-0.05, 0) is 12.1 Å². The standard InChI is InChI=1S/C16H13ClFNO4/c17-9-2-1-3-10(18)8(9)6-19-7-16-5-4-11(23-16)12(15(21)22)13(16)14(19)20/h1-5,11-13H,6-7H2,(H,21,22). The lowest BCUT2D eigenvalue weighted by atomic mass is 9.77. The van der Waals surface area contributed by atoms with E-state index in [0.717, 1.165) is 0 Å². The minimum absolute atomic E-state index is 0.00318. The van der Waals surface area contributed by atoms with E-state index >= 15 is 0 Å². The normalized spacial score (nSPS) is 34.3. The number of amides is 1. The molecule has 2 bridgehead atoms. The largest absolute Gasteiger partial charge is 0.481 e. The molecule has 0 saturated carbocycles. The highest BCUT2D eigenvalue weighted by Crippen LogP contribution is 2.52. The van der Waals surface area contributed by atoms with Crippen LogP contribution in [-0.2, 0) is 20.9 Å². The summed E-state index contributed by atoms with van der Waals surface area (Å²) in [6.45, 7) is 0.203. The Bertz CT molecular complexity index is 731. The zero-order valence-corrected chi connectivity index (χ0v) is 12.7. The van der Waals surface area contributed by atoms with Crippen LogP contribution >= 0.6 is 11.6 Å². The third-order valence-corrected chi connectivity index (χ3v) is 5.23. The molecule has 3 aliphatic heterocycles. The lowest BCUT2D eigenvalue weighted by Crippen LogP contribution is -2.39. The van der Waals surface area contributed by atoms with E-state index in [9.17, 15) is 19.1 Å². The predicted octanol–water partition coefficient (Wildman–Crippen LogP) is 1.85. The average molecular weight is 338 g/mol. The molecule has 4 rings (SSSR count). The van der Waals surface area contributed by atoms with Crippen LogP contribution in [0.2, 0.25) is 5.02 Å². The molecule has 0 aromatic heterocycles. The fourth-order valence-electron chi connectivity index (χ4n) is 3.87. The number of fused-ring (bicyclic) bond motifs is 1. The van der Waals surface area contributed by atoms with Crippen molar-refractivity contribution < 1.29 is 23.8 Å². The molecule has 2 saturated heterocycles. The summed E-state index contributed by atoms with van der Waals surface area (Å²) in [6, 6.07) is 4.33. The Hall–Kier alpha value is -1.92. The van der Waals surface area contributed by atoms with Crippen molar-refractivity contribution in [3.63, 3.8) is 0 Å². The van der Waals surface area contributed by atoms with E-state index < -0.39 is 35.3 Å². The van der Waals surface area contributed by atoms with Gasteiger partial charge in [-0.15, -0.1) is 0 Å². The maximum absolute atomic E-state index is 13.9. The molecular formula is C16H13ClFNO4. The van der Waals surface area contributed by atoms with Gasteiger partial charge in [0.2, 0.25) is 5.91 Å². The first kappa shape index (κ1) is 14.7. The highest BCUT2D eigenvalue weighted by Gasteiger charge is 2.67. The summed E-state index contributed by atoms with van der Waals surface area (Å²) >= 11 is 6.01. The van der Waals surface area contributed by atoms with E-state index in [1.165, 1.54) is 17.0 Å². The van der Waals surface area contributed by atoms with Crippen molar-refractivity contribution in [3.8, 4) is 0 Å².